The van der Waals surface area contributed by atoms with Crippen molar-refractivity contribution in [1.82, 2.24) is 15.2 Å². The Kier molecular flexibility index (Phi) is 5.27. The number of nitrogens with one attached hydrogen (secondary N) is 1. The molecule has 3 aromatic rings. The standard InChI is InChI=1S/C20H22N6O3S/c1-13-11-15-16(9-6-10-17(15)30(21,27)28)26(13)20-23-18(19(29-2)24-25-20)22-12-14-7-4-3-5-8-14/h3-10,13H,11-12H2,1-2H3,(H2,21,27,28)(H,22,23,25). The molecule has 156 valence electrons. The Morgan fingerprint density at radius 2 is 1.93 bits per heavy atom. The summed E-state index contributed by atoms with van der Waals surface area (Å²) in [5.41, 5.74) is 2.44. The maximum Gasteiger partial charge on any atom is 0.276 e. The van der Waals surface area contributed by atoms with Crippen molar-refractivity contribution < 1.29 is 13.2 Å². The second-order valence-electron chi connectivity index (χ2n) is 7.03. The summed E-state index contributed by atoms with van der Waals surface area (Å²) in [5, 5.41) is 17.0. The highest BCUT2D eigenvalue weighted by atomic mass is 32.2. The van der Waals surface area contributed by atoms with Gasteiger partial charge in [-0.1, -0.05) is 36.4 Å². The van der Waals surface area contributed by atoms with Crippen LogP contribution in [0.15, 0.2) is 53.4 Å². The highest BCUT2D eigenvalue weighted by Gasteiger charge is 2.33. The summed E-state index contributed by atoms with van der Waals surface area (Å²) in [5.74, 6) is 1.08. The second kappa shape index (κ2) is 7.88. The molecule has 3 N–H and O–H groups in total. The Bertz CT molecular complexity index is 1170. The van der Waals surface area contributed by atoms with Crippen LogP contribution in [0.4, 0.5) is 17.5 Å². The van der Waals surface area contributed by atoms with Gasteiger partial charge in [-0.25, -0.2) is 13.6 Å². The molecular weight excluding hydrogens is 404 g/mol. The maximum absolute atomic E-state index is 12.0. The zero-order valence-corrected chi connectivity index (χ0v) is 17.4. The molecule has 0 spiro atoms. The third-order valence-electron chi connectivity index (χ3n) is 4.97. The number of methoxy groups -OCH3 is 1. The quantitative estimate of drug-likeness (QED) is 0.615. The van der Waals surface area contributed by atoms with Crippen LogP contribution in [0, 0.1) is 0 Å². The van der Waals surface area contributed by atoms with Gasteiger partial charge in [0.25, 0.3) is 11.8 Å². The minimum atomic E-state index is -3.83. The van der Waals surface area contributed by atoms with E-state index in [-0.39, 0.29) is 16.8 Å². The van der Waals surface area contributed by atoms with Crippen LogP contribution >= 0.6 is 0 Å². The highest BCUT2D eigenvalue weighted by molar-refractivity contribution is 7.89. The fourth-order valence-electron chi connectivity index (χ4n) is 3.62. The molecule has 0 saturated carbocycles. The van der Waals surface area contributed by atoms with Crippen LogP contribution in [0.5, 0.6) is 5.88 Å². The lowest BCUT2D eigenvalue weighted by Crippen LogP contribution is -2.26. The third-order valence-corrected chi connectivity index (χ3v) is 5.97. The van der Waals surface area contributed by atoms with Crippen LogP contribution in [0.1, 0.15) is 18.1 Å². The minimum Gasteiger partial charge on any atom is -0.477 e. The number of sulfonamides is 1. The monoisotopic (exact) mass is 426 g/mol. The third kappa shape index (κ3) is 3.79. The summed E-state index contributed by atoms with van der Waals surface area (Å²) in [6.45, 7) is 2.51. The number of rotatable bonds is 6. The van der Waals surface area contributed by atoms with Gasteiger partial charge in [0.15, 0.2) is 5.82 Å². The molecule has 0 radical (unpaired) electrons. The molecular formula is C20H22N6O3S. The van der Waals surface area contributed by atoms with Crippen molar-refractivity contribution in [2.45, 2.75) is 30.8 Å². The first kappa shape index (κ1) is 20.0. The maximum atomic E-state index is 12.0. The summed E-state index contributed by atoms with van der Waals surface area (Å²) in [6, 6.07) is 14.8. The van der Waals surface area contributed by atoms with E-state index in [0.29, 0.717) is 36.0 Å². The lowest BCUT2D eigenvalue weighted by Gasteiger charge is -2.23. The molecule has 2 heterocycles. The Balaban J connectivity index is 1.70. The molecule has 1 atom stereocenters. The number of hydrogen-bond acceptors (Lipinski definition) is 8. The number of fused-ring (bicyclic) bond motifs is 1. The van der Waals surface area contributed by atoms with Gasteiger partial charge in [0.1, 0.15) is 0 Å². The van der Waals surface area contributed by atoms with E-state index in [9.17, 15) is 8.42 Å². The van der Waals surface area contributed by atoms with Gasteiger partial charge in [0.05, 0.1) is 12.0 Å². The van der Waals surface area contributed by atoms with Crippen molar-refractivity contribution in [2.24, 2.45) is 5.14 Å². The molecule has 10 heteroatoms. The van der Waals surface area contributed by atoms with Gasteiger partial charge in [-0.2, -0.15) is 4.98 Å². The molecule has 1 unspecified atom stereocenters. The van der Waals surface area contributed by atoms with Crippen LogP contribution in [-0.2, 0) is 23.0 Å². The molecule has 0 aliphatic carbocycles. The summed E-state index contributed by atoms with van der Waals surface area (Å²) >= 11 is 0. The van der Waals surface area contributed by atoms with Crippen LogP contribution in [0.2, 0.25) is 0 Å². The average molecular weight is 427 g/mol. The van der Waals surface area contributed by atoms with Crippen LogP contribution in [0.25, 0.3) is 0 Å². The fraction of sp³-hybridized carbons (Fsp3) is 0.250. The van der Waals surface area contributed by atoms with Crippen molar-refractivity contribution >= 4 is 27.5 Å². The van der Waals surface area contributed by atoms with E-state index in [4.69, 9.17) is 9.88 Å². The van der Waals surface area contributed by atoms with Gasteiger partial charge >= 0.3 is 0 Å². The lowest BCUT2D eigenvalue weighted by atomic mass is 10.1. The number of aromatic nitrogens is 3. The Labute approximate surface area is 175 Å². The first-order valence-electron chi connectivity index (χ1n) is 9.39. The van der Waals surface area contributed by atoms with Crippen molar-refractivity contribution in [3.05, 3.63) is 59.7 Å². The Hall–Kier alpha value is -3.24. The predicted octanol–water partition coefficient (Wildman–Crippen LogP) is 2.22. The van der Waals surface area contributed by atoms with Crippen molar-refractivity contribution in [3.8, 4) is 5.88 Å². The molecule has 9 nitrogen and oxygen atoms in total. The number of ether oxygens (including phenoxy) is 1. The normalized spacial score (nSPS) is 15.7. The molecule has 30 heavy (non-hydrogen) atoms. The van der Waals surface area contributed by atoms with E-state index in [0.717, 1.165) is 5.56 Å². The summed E-state index contributed by atoms with van der Waals surface area (Å²) in [6.07, 6.45) is 0.504. The van der Waals surface area contributed by atoms with Gasteiger partial charge in [-0.3, -0.25) is 0 Å². The van der Waals surface area contributed by atoms with Gasteiger partial charge in [0.2, 0.25) is 10.0 Å². The summed E-state index contributed by atoms with van der Waals surface area (Å²) in [7, 11) is -2.33. The summed E-state index contributed by atoms with van der Waals surface area (Å²) in [4.78, 5) is 6.61. The van der Waals surface area contributed by atoms with Crippen molar-refractivity contribution in [1.29, 1.82) is 0 Å². The molecule has 0 bridgehead atoms. The average Bonchev–Trinajstić information content (AvgIpc) is 3.07. The van der Waals surface area contributed by atoms with E-state index >= 15 is 0 Å². The number of benzene rings is 2. The van der Waals surface area contributed by atoms with Gasteiger partial charge in [-0.05, 0) is 36.6 Å². The zero-order chi connectivity index (χ0) is 21.3. The molecule has 1 aliphatic rings. The largest absolute Gasteiger partial charge is 0.477 e. The Morgan fingerprint density at radius 3 is 2.63 bits per heavy atom. The molecule has 0 amide bonds. The minimum absolute atomic E-state index is 0.0694. The van der Waals surface area contributed by atoms with Gasteiger partial charge in [-0.15, -0.1) is 10.2 Å². The number of anilines is 3. The highest BCUT2D eigenvalue weighted by Crippen LogP contribution is 2.40. The first-order chi connectivity index (χ1) is 14.4. The Morgan fingerprint density at radius 1 is 1.17 bits per heavy atom. The smallest absolute Gasteiger partial charge is 0.276 e. The van der Waals surface area contributed by atoms with Crippen molar-refractivity contribution in [2.75, 3.05) is 17.3 Å². The molecule has 0 fully saturated rings. The van der Waals surface area contributed by atoms with Crippen molar-refractivity contribution in [3.63, 3.8) is 0 Å². The number of nitrogens with zero attached hydrogens (tertiary/aromatic N) is 4. The molecule has 2 aromatic carbocycles. The van der Waals surface area contributed by atoms with Gasteiger partial charge < -0.3 is 15.0 Å². The van der Waals surface area contributed by atoms with Crippen LogP contribution in [-0.4, -0.2) is 36.8 Å². The predicted molar refractivity (Wildman–Crippen MR) is 113 cm³/mol. The van der Waals surface area contributed by atoms with E-state index in [1.54, 1.807) is 6.07 Å². The molecule has 4 rings (SSSR count). The number of hydrogen-bond donors (Lipinski definition) is 2. The van der Waals surface area contributed by atoms with Crippen LogP contribution in [0.3, 0.4) is 0 Å². The van der Waals surface area contributed by atoms with E-state index in [2.05, 4.69) is 20.5 Å². The van der Waals surface area contributed by atoms with E-state index < -0.39 is 10.0 Å². The molecule has 1 aliphatic heterocycles. The zero-order valence-electron chi connectivity index (χ0n) is 16.6. The number of primary sulfonamides is 1. The molecule has 0 saturated heterocycles. The molecule has 1 aromatic heterocycles. The van der Waals surface area contributed by atoms with Gasteiger partial charge in [0, 0.05) is 18.3 Å². The van der Waals surface area contributed by atoms with E-state index in [1.807, 2.05) is 48.2 Å². The fourth-order valence-corrected chi connectivity index (χ4v) is 4.42. The second-order valence-corrected chi connectivity index (χ2v) is 8.56. The first-order valence-corrected chi connectivity index (χ1v) is 10.9. The summed E-state index contributed by atoms with van der Waals surface area (Å²) < 4.78 is 29.3. The lowest BCUT2D eigenvalue weighted by molar-refractivity contribution is 0.391. The number of nitrogens with two attached hydrogens (primary N) is 1. The van der Waals surface area contributed by atoms with Crippen LogP contribution < -0.4 is 20.1 Å². The topological polar surface area (TPSA) is 123 Å². The SMILES string of the molecule is COc1nnc(N2c3cccc(S(N)(=O)=O)c3CC2C)nc1NCc1ccccc1. The van der Waals surface area contributed by atoms with E-state index in [1.165, 1.54) is 13.2 Å².